The summed E-state index contributed by atoms with van der Waals surface area (Å²) in [5.41, 5.74) is 2.41. The lowest BCUT2D eigenvalue weighted by Crippen LogP contribution is -2.29. The van der Waals surface area contributed by atoms with Crippen LogP contribution in [0.15, 0.2) is 70.5 Å². The van der Waals surface area contributed by atoms with Crippen molar-refractivity contribution in [2.45, 2.75) is 36.0 Å². The molecule has 3 aromatic rings. The predicted octanol–water partition coefficient (Wildman–Crippen LogP) is 4.20. The molecule has 0 saturated carbocycles. The molecule has 2 aliphatic heterocycles. The van der Waals surface area contributed by atoms with Crippen LogP contribution in [0, 0.1) is 6.92 Å². The third kappa shape index (κ3) is 5.62. The predicted molar refractivity (Wildman–Crippen MR) is 149 cm³/mol. The van der Waals surface area contributed by atoms with Crippen molar-refractivity contribution in [2.24, 2.45) is 0 Å². The molecule has 0 radical (unpaired) electrons. The number of carbonyl (C=O) groups is 1. The molecule has 2 heterocycles. The smallest absolute Gasteiger partial charge is 0.264 e. The Morgan fingerprint density at radius 2 is 1.59 bits per heavy atom. The quantitative estimate of drug-likeness (QED) is 0.421. The maximum absolute atomic E-state index is 13.2. The highest BCUT2D eigenvalue weighted by Crippen LogP contribution is 2.35. The number of sulfonamides is 2. The first-order valence-electron chi connectivity index (χ1n) is 12.5. The van der Waals surface area contributed by atoms with Crippen molar-refractivity contribution in [3.05, 3.63) is 76.8 Å². The number of aryl methyl sites for hydroxylation is 1. The van der Waals surface area contributed by atoms with E-state index in [1.54, 1.807) is 37.3 Å². The molecule has 1 N–H and O–H groups in total. The normalized spacial score (nSPS) is 15.8. The minimum atomic E-state index is -3.79. The molecule has 3 aromatic carbocycles. The number of hydrogen-bond donors (Lipinski definition) is 1. The summed E-state index contributed by atoms with van der Waals surface area (Å²) in [5, 5.41) is 3.19. The van der Waals surface area contributed by atoms with E-state index >= 15 is 0 Å². The van der Waals surface area contributed by atoms with E-state index in [-0.39, 0.29) is 16.4 Å². The maximum Gasteiger partial charge on any atom is 0.264 e. The van der Waals surface area contributed by atoms with E-state index in [2.05, 4.69) is 5.32 Å². The summed E-state index contributed by atoms with van der Waals surface area (Å²) in [5.74, 6) is -0.0343. The molecule has 1 fully saturated rings. The van der Waals surface area contributed by atoms with Gasteiger partial charge in [0.05, 0.1) is 15.5 Å². The number of carbonyl (C=O) groups excluding carboxylic acids is 1. The minimum absolute atomic E-state index is 0.136. The minimum Gasteiger partial charge on any atom is -0.483 e. The SMILES string of the molecule is Cc1cc(S(=O)(=O)N2CCCC2)ccc1OCC(=O)Nc1ccc2c(c1)N(S(=O)(=O)c1ccc(Cl)cc1)CC2. The summed E-state index contributed by atoms with van der Waals surface area (Å²) in [6.45, 7) is 2.76. The molecule has 5 rings (SSSR count). The summed E-state index contributed by atoms with van der Waals surface area (Å²) in [4.78, 5) is 13.0. The number of fused-ring (bicyclic) bond motifs is 1. The van der Waals surface area contributed by atoms with Crippen molar-refractivity contribution in [1.82, 2.24) is 4.31 Å². The Morgan fingerprint density at radius 1 is 0.897 bits per heavy atom. The Hall–Kier alpha value is -3.12. The van der Waals surface area contributed by atoms with Gasteiger partial charge in [0.15, 0.2) is 6.61 Å². The van der Waals surface area contributed by atoms with Gasteiger partial charge in [-0.1, -0.05) is 17.7 Å². The second kappa shape index (κ2) is 10.8. The Balaban J connectivity index is 1.25. The van der Waals surface area contributed by atoms with Gasteiger partial charge >= 0.3 is 0 Å². The van der Waals surface area contributed by atoms with Crippen molar-refractivity contribution >= 4 is 48.9 Å². The number of nitrogens with zero attached hydrogens (tertiary/aromatic N) is 2. The lowest BCUT2D eigenvalue weighted by molar-refractivity contribution is -0.118. The fourth-order valence-electron chi connectivity index (χ4n) is 4.77. The van der Waals surface area contributed by atoms with Crippen molar-refractivity contribution in [2.75, 3.05) is 35.9 Å². The molecule has 206 valence electrons. The Morgan fingerprint density at radius 3 is 2.28 bits per heavy atom. The van der Waals surface area contributed by atoms with E-state index in [0.717, 1.165) is 18.4 Å². The van der Waals surface area contributed by atoms with Gasteiger partial charge in [0.1, 0.15) is 5.75 Å². The number of ether oxygens (including phenoxy) is 1. The van der Waals surface area contributed by atoms with Crippen LogP contribution in [0.2, 0.25) is 5.02 Å². The second-order valence-electron chi connectivity index (χ2n) is 9.50. The van der Waals surface area contributed by atoms with E-state index in [1.165, 1.54) is 38.9 Å². The first-order chi connectivity index (χ1) is 18.6. The number of amides is 1. The van der Waals surface area contributed by atoms with Crippen LogP contribution in [0.1, 0.15) is 24.0 Å². The number of rotatable bonds is 8. The van der Waals surface area contributed by atoms with Crippen molar-refractivity contribution in [1.29, 1.82) is 0 Å². The van der Waals surface area contributed by atoms with Crippen LogP contribution in [0.5, 0.6) is 5.75 Å². The molecule has 0 spiro atoms. The van der Waals surface area contributed by atoms with E-state index in [9.17, 15) is 21.6 Å². The third-order valence-corrected chi connectivity index (χ3v) is 10.8. The molecule has 1 amide bonds. The first kappa shape index (κ1) is 27.4. The van der Waals surface area contributed by atoms with Gasteiger partial charge < -0.3 is 10.1 Å². The van der Waals surface area contributed by atoms with Gasteiger partial charge in [0.2, 0.25) is 10.0 Å². The number of benzene rings is 3. The van der Waals surface area contributed by atoms with Crippen LogP contribution in [0.25, 0.3) is 0 Å². The molecular formula is C27H28ClN3O6S2. The van der Waals surface area contributed by atoms with Gasteiger partial charge in [0.25, 0.3) is 15.9 Å². The number of nitrogens with one attached hydrogen (secondary N) is 1. The molecule has 2 aliphatic rings. The zero-order valence-corrected chi connectivity index (χ0v) is 23.7. The molecule has 12 heteroatoms. The standard InChI is InChI=1S/C27H28ClN3O6S2/c1-19-16-24(38(33,34)30-13-2-3-14-30)10-11-26(19)37-18-27(32)29-22-7-4-20-12-15-31(25(20)17-22)39(35,36)23-8-5-21(28)6-9-23/h4-11,16-17H,2-3,12-15,18H2,1H3,(H,29,32). The van der Waals surface area contributed by atoms with Crippen LogP contribution in [-0.4, -0.2) is 53.3 Å². The molecule has 1 saturated heterocycles. The molecule has 0 bridgehead atoms. The Bertz CT molecular complexity index is 1620. The van der Waals surface area contributed by atoms with Gasteiger partial charge in [-0.15, -0.1) is 0 Å². The van der Waals surface area contributed by atoms with E-state index in [4.69, 9.17) is 16.3 Å². The maximum atomic E-state index is 13.2. The zero-order valence-electron chi connectivity index (χ0n) is 21.3. The lowest BCUT2D eigenvalue weighted by Gasteiger charge is -2.20. The molecular weight excluding hydrogens is 562 g/mol. The molecule has 39 heavy (non-hydrogen) atoms. The summed E-state index contributed by atoms with van der Waals surface area (Å²) < 4.78 is 60.5. The first-order valence-corrected chi connectivity index (χ1v) is 15.8. The molecule has 0 aromatic heterocycles. The average molecular weight is 590 g/mol. The van der Waals surface area contributed by atoms with Crippen molar-refractivity contribution in [3.63, 3.8) is 0 Å². The van der Waals surface area contributed by atoms with Crippen LogP contribution in [0.3, 0.4) is 0 Å². The molecule has 9 nitrogen and oxygen atoms in total. The lowest BCUT2D eigenvalue weighted by atomic mass is 10.1. The monoisotopic (exact) mass is 589 g/mol. The summed E-state index contributed by atoms with van der Waals surface area (Å²) in [6.07, 6.45) is 2.27. The van der Waals surface area contributed by atoms with Crippen molar-refractivity contribution in [3.8, 4) is 5.75 Å². The van der Waals surface area contributed by atoms with E-state index in [1.807, 2.05) is 0 Å². The van der Waals surface area contributed by atoms with E-state index < -0.39 is 26.0 Å². The van der Waals surface area contributed by atoms with Crippen LogP contribution >= 0.6 is 11.6 Å². The zero-order chi connectivity index (χ0) is 27.8. The van der Waals surface area contributed by atoms with E-state index in [0.29, 0.717) is 53.8 Å². The topological polar surface area (TPSA) is 113 Å². The number of hydrogen-bond acceptors (Lipinski definition) is 6. The molecule has 0 aliphatic carbocycles. The largest absolute Gasteiger partial charge is 0.483 e. The van der Waals surface area contributed by atoms with Crippen LogP contribution in [-0.2, 0) is 31.3 Å². The van der Waals surface area contributed by atoms with Crippen molar-refractivity contribution < 1.29 is 26.4 Å². The van der Waals surface area contributed by atoms with Gasteiger partial charge in [-0.05, 0) is 91.9 Å². The van der Waals surface area contributed by atoms with Crippen LogP contribution < -0.4 is 14.4 Å². The highest BCUT2D eigenvalue weighted by molar-refractivity contribution is 7.92. The highest BCUT2D eigenvalue weighted by Gasteiger charge is 2.31. The molecule has 0 unspecified atom stereocenters. The van der Waals surface area contributed by atoms with Gasteiger partial charge in [-0.2, -0.15) is 4.31 Å². The summed E-state index contributed by atoms with van der Waals surface area (Å²) in [6, 6.07) is 15.8. The average Bonchev–Trinajstić information content (AvgIpc) is 3.59. The Kier molecular flexibility index (Phi) is 7.60. The van der Waals surface area contributed by atoms with Gasteiger partial charge in [-0.3, -0.25) is 9.10 Å². The molecule has 0 atom stereocenters. The summed E-state index contributed by atoms with van der Waals surface area (Å²) in [7, 11) is -7.34. The third-order valence-electron chi connectivity index (χ3n) is 6.83. The second-order valence-corrected chi connectivity index (χ2v) is 13.7. The van der Waals surface area contributed by atoms with Gasteiger partial charge in [-0.25, -0.2) is 16.8 Å². The fourth-order valence-corrected chi connectivity index (χ4v) is 8.00. The van der Waals surface area contributed by atoms with Gasteiger partial charge in [0, 0.05) is 30.3 Å². The Labute approximate surface area is 233 Å². The number of halogens is 1. The highest BCUT2D eigenvalue weighted by atomic mass is 35.5. The van der Waals surface area contributed by atoms with Crippen LogP contribution in [0.4, 0.5) is 11.4 Å². The number of anilines is 2. The fraction of sp³-hybridized carbons (Fsp3) is 0.296. The summed E-state index contributed by atoms with van der Waals surface area (Å²) >= 11 is 5.91.